The molecule has 5 heterocycles. The Hall–Kier alpha value is -3.58. The molecule has 0 saturated carbocycles. The summed E-state index contributed by atoms with van der Waals surface area (Å²) < 4.78 is 11.4. The van der Waals surface area contributed by atoms with Gasteiger partial charge in [-0.3, -0.25) is 10.00 Å². The third kappa shape index (κ3) is 3.37. The number of ether oxygens (including phenoxy) is 2. The van der Waals surface area contributed by atoms with Gasteiger partial charge in [0.05, 0.1) is 11.9 Å². The highest BCUT2D eigenvalue weighted by atomic mass is 16.6. The normalized spacial score (nSPS) is 16.5. The van der Waals surface area contributed by atoms with E-state index in [1.165, 1.54) is 22.1 Å². The fourth-order valence-electron chi connectivity index (χ4n) is 4.44. The lowest BCUT2D eigenvalue weighted by molar-refractivity contribution is 0.171. The second-order valence-corrected chi connectivity index (χ2v) is 7.95. The molecule has 156 valence electrons. The molecule has 1 aromatic carbocycles. The maximum Gasteiger partial charge on any atom is 0.162 e. The Morgan fingerprint density at radius 3 is 2.94 bits per heavy atom. The molecule has 0 amide bonds. The number of aromatic amines is 2. The second kappa shape index (κ2) is 7.59. The zero-order valence-corrected chi connectivity index (χ0v) is 17.1. The highest BCUT2D eigenvalue weighted by Crippen LogP contribution is 2.35. The third-order valence-corrected chi connectivity index (χ3v) is 6.03. The maximum atomic E-state index is 5.75. The summed E-state index contributed by atoms with van der Waals surface area (Å²) in [4.78, 5) is 10.1. The van der Waals surface area contributed by atoms with E-state index in [4.69, 9.17) is 9.47 Å². The Morgan fingerprint density at radius 2 is 2.03 bits per heavy atom. The van der Waals surface area contributed by atoms with E-state index in [1.54, 1.807) is 0 Å². The number of fused-ring (bicyclic) bond motifs is 2. The van der Waals surface area contributed by atoms with Gasteiger partial charge in [0.15, 0.2) is 11.5 Å². The van der Waals surface area contributed by atoms with Gasteiger partial charge in [-0.2, -0.15) is 5.10 Å². The number of benzene rings is 1. The molecule has 0 unspecified atom stereocenters. The molecule has 2 aliphatic rings. The van der Waals surface area contributed by atoms with Gasteiger partial charge in [0.25, 0.3) is 0 Å². The van der Waals surface area contributed by atoms with E-state index >= 15 is 0 Å². The molecule has 0 saturated heterocycles. The van der Waals surface area contributed by atoms with Crippen LogP contribution < -0.4 is 9.47 Å². The minimum absolute atomic E-state index is 0.585. The van der Waals surface area contributed by atoms with E-state index in [0.29, 0.717) is 13.2 Å². The van der Waals surface area contributed by atoms with Crippen LogP contribution in [0.2, 0.25) is 0 Å². The van der Waals surface area contributed by atoms with Crippen molar-refractivity contribution in [1.29, 1.82) is 0 Å². The number of nitrogens with one attached hydrogen (secondary N) is 2. The predicted octanol–water partition coefficient (Wildman–Crippen LogP) is 4.01. The largest absolute Gasteiger partial charge is 0.486 e. The second-order valence-electron chi connectivity index (χ2n) is 7.95. The van der Waals surface area contributed by atoms with Crippen LogP contribution >= 0.6 is 0 Å². The fourth-order valence-corrected chi connectivity index (χ4v) is 4.44. The maximum absolute atomic E-state index is 5.75. The van der Waals surface area contributed by atoms with E-state index < -0.39 is 0 Å². The quantitative estimate of drug-likeness (QED) is 0.528. The molecule has 0 atom stereocenters. The van der Waals surface area contributed by atoms with Gasteiger partial charge < -0.3 is 14.5 Å². The molecule has 2 aliphatic heterocycles. The summed E-state index contributed by atoms with van der Waals surface area (Å²) in [5.74, 6) is 1.60. The van der Waals surface area contributed by atoms with E-state index in [9.17, 15) is 0 Å². The minimum atomic E-state index is 0.585. The molecule has 2 N–H and O–H groups in total. The summed E-state index contributed by atoms with van der Waals surface area (Å²) in [7, 11) is 0. The molecule has 31 heavy (non-hydrogen) atoms. The van der Waals surface area contributed by atoms with Gasteiger partial charge >= 0.3 is 0 Å². The van der Waals surface area contributed by atoms with Crippen LogP contribution in [0.4, 0.5) is 0 Å². The molecule has 3 aromatic heterocycles. The molecular weight excluding hydrogens is 390 g/mol. The Kier molecular flexibility index (Phi) is 4.46. The summed E-state index contributed by atoms with van der Waals surface area (Å²) in [5.41, 5.74) is 6.89. The first-order valence-electron chi connectivity index (χ1n) is 10.6. The van der Waals surface area contributed by atoms with E-state index in [-0.39, 0.29) is 0 Å². The van der Waals surface area contributed by atoms with Crippen LogP contribution in [0.15, 0.2) is 55.0 Å². The van der Waals surface area contributed by atoms with Crippen LogP contribution in [-0.4, -0.2) is 51.4 Å². The summed E-state index contributed by atoms with van der Waals surface area (Å²) in [6, 6.07) is 10.2. The molecule has 7 heteroatoms. The molecule has 7 nitrogen and oxygen atoms in total. The summed E-state index contributed by atoms with van der Waals surface area (Å²) in [5, 5.41) is 8.68. The average molecular weight is 413 g/mol. The number of pyridine rings is 1. The molecule has 0 bridgehead atoms. The smallest absolute Gasteiger partial charge is 0.162 e. The summed E-state index contributed by atoms with van der Waals surface area (Å²) in [6.45, 7) is 3.94. The fraction of sp³-hybridized carbons (Fsp3) is 0.250. The van der Waals surface area contributed by atoms with Crippen molar-refractivity contribution >= 4 is 16.6 Å². The monoisotopic (exact) mass is 413 g/mol. The number of hydrogen-bond acceptors (Lipinski definition) is 5. The topological polar surface area (TPSA) is 79.1 Å². The van der Waals surface area contributed by atoms with Gasteiger partial charge in [-0.25, -0.2) is 4.98 Å². The van der Waals surface area contributed by atoms with Crippen molar-refractivity contribution in [1.82, 2.24) is 25.1 Å². The number of hydrogen-bond donors (Lipinski definition) is 2. The van der Waals surface area contributed by atoms with E-state index in [1.807, 2.05) is 30.6 Å². The van der Waals surface area contributed by atoms with Crippen molar-refractivity contribution in [3.63, 3.8) is 0 Å². The highest BCUT2D eigenvalue weighted by molar-refractivity contribution is 5.90. The number of H-pyrrole nitrogens is 2. The highest BCUT2D eigenvalue weighted by Gasteiger charge is 2.19. The number of aromatic nitrogens is 4. The Balaban J connectivity index is 1.20. The van der Waals surface area contributed by atoms with Gasteiger partial charge in [-0.15, -0.1) is 0 Å². The van der Waals surface area contributed by atoms with E-state index in [2.05, 4.69) is 49.5 Å². The molecule has 0 fully saturated rings. The lowest BCUT2D eigenvalue weighted by atomic mass is 9.99. The van der Waals surface area contributed by atoms with Crippen molar-refractivity contribution < 1.29 is 9.47 Å². The molecule has 0 spiro atoms. The van der Waals surface area contributed by atoms with Crippen molar-refractivity contribution in [3.8, 4) is 22.8 Å². The van der Waals surface area contributed by atoms with Crippen LogP contribution in [0.25, 0.3) is 27.9 Å². The Bertz CT molecular complexity index is 1270. The van der Waals surface area contributed by atoms with Gasteiger partial charge in [0.2, 0.25) is 0 Å². The van der Waals surface area contributed by atoms with Crippen LogP contribution in [0.3, 0.4) is 0 Å². The van der Waals surface area contributed by atoms with Crippen LogP contribution in [-0.2, 0) is 6.54 Å². The van der Waals surface area contributed by atoms with Gasteiger partial charge in [-0.05, 0) is 42.3 Å². The lowest BCUT2D eigenvalue weighted by Crippen LogP contribution is -2.28. The third-order valence-electron chi connectivity index (χ3n) is 6.03. The average Bonchev–Trinajstić information content (AvgIpc) is 3.46. The molecule has 6 rings (SSSR count). The van der Waals surface area contributed by atoms with Gasteiger partial charge in [0.1, 0.15) is 18.9 Å². The van der Waals surface area contributed by atoms with Gasteiger partial charge in [-0.1, -0.05) is 6.08 Å². The standard InChI is InChI=1S/C24H23N5O2/c1-2-19-20(14-26-24(19)25-7-1)16-5-8-29(9-6-16)15-18-13-27-28-23(18)17-3-4-21-22(12-17)31-11-10-30-21/h1-5,7,12-14H,6,8-11,15H2,(H,25,26)(H,27,28). The van der Waals surface area contributed by atoms with Crippen LogP contribution in [0, 0.1) is 0 Å². The molecule has 0 radical (unpaired) electrons. The first kappa shape index (κ1) is 18.2. The zero-order chi connectivity index (χ0) is 20.6. The number of rotatable bonds is 4. The zero-order valence-electron chi connectivity index (χ0n) is 17.1. The molecule has 0 aliphatic carbocycles. The van der Waals surface area contributed by atoms with Crippen LogP contribution in [0.1, 0.15) is 17.5 Å². The SMILES string of the molecule is C1=C(c2c[nH]c3ncccc23)CCN(Cc2cn[nH]c2-c2ccc3c(c2)OCCO3)C1. The van der Waals surface area contributed by atoms with Crippen molar-refractivity contribution in [2.75, 3.05) is 26.3 Å². The van der Waals surface area contributed by atoms with Crippen molar-refractivity contribution in [3.05, 3.63) is 66.1 Å². The summed E-state index contributed by atoms with van der Waals surface area (Å²) >= 11 is 0. The lowest BCUT2D eigenvalue weighted by Gasteiger charge is -2.26. The van der Waals surface area contributed by atoms with Crippen LogP contribution in [0.5, 0.6) is 11.5 Å². The van der Waals surface area contributed by atoms with Gasteiger partial charge in [0, 0.05) is 54.1 Å². The first-order chi connectivity index (χ1) is 15.3. The van der Waals surface area contributed by atoms with Crippen molar-refractivity contribution in [2.45, 2.75) is 13.0 Å². The Labute approximate surface area is 179 Å². The number of nitrogens with zero attached hydrogens (tertiary/aromatic N) is 3. The first-order valence-corrected chi connectivity index (χ1v) is 10.6. The predicted molar refractivity (Wildman–Crippen MR) is 119 cm³/mol. The van der Waals surface area contributed by atoms with E-state index in [0.717, 1.165) is 54.5 Å². The molecule has 4 aromatic rings. The Morgan fingerprint density at radius 1 is 1.10 bits per heavy atom. The molecular formula is C24H23N5O2. The van der Waals surface area contributed by atoms with Crippen molar-refractivity contribution in [2.24, 2.45) is 0 Å². The summed E-state index contributed by atoms with van der Waals surface area (Å²) in [6.07, 6.45) is 9.18. The minimum Gasteiger partial charge on any atom is -0.486 e.